The summed E-state index contributed by atoms with van der Waals surface area (Å²) in [4.78, 5) is 4.08. The second-order valence-corrected chi connectivity index (χ2v) is 5.87. The highest BCUT2D eigenvalue weighted by Gasteiger charge is 2.34. The molecule has 2 aromatic rings. The lowest BCUT2D eigenvalue weighted by molar-refractivity contribution is -0.141. The maximum absolute atomic E-state index is 12.6. The summed E-state index contributed by atoms with van der Waals surface area (Å²) in [5.74, 6) is 0.416. The van der Waals surface area contributed by atoms with Crippen LogP contribution in [0.5, 0.6) is 0 Å². The van der Waals surface area contributed by atoms with Gasteiger partial charge < -0.3 is 5.32 Å². The molecule has 2 heterocycles. The Balaban J connectivity index is 2.23. The zero-order valence-electron chi connectivity index (χ0n) is 11.6. The highest BCUT2D eigenvalue weighted by atomic mass is 19.4. The summed E-state index contributed by atoms with van der Waals surface area (Å²) < 4.78 is 39.1. The number of fused-ring (bicyclic) bond motifs is 1. The minimum absolute atomic E-state index is 0.148. The fourth-order valence-electron chi connectivity index (χ4n) is 1.75. The molecule has 20 heavy (non-hydrogen) atoms. The molecular formula is C13H17F3N4. The first-order chi connectivity index (χ1) is 9.17. The molecule has 2 rings (SSSR count). The normalized spacial score (nSPS) is 12.9. The van der Waals surface area contributed by atoms with Crippen LogP contribution in [0.15, 0.2) is 18.5 Å². The van der Waals surface area contributed by atoms with Crippen LogP contribution in [0.4, 0.5) is 19.0 Å². The van der Waals surface area contributed by atoms with Crippen LogP contribution in [0.3, 0.4) is 0 Å². The third-order valence-corrected chi connectivity index (χ3v) is 2.85. The Kier molecular flexibility index (Phi) is 3.62. The lowest BCUT2D eigenvalue weighted by atomic mass is 9.92. The number of anilines is 1. The Labute approximate surface area is 115 Å². The maximum atomic E-state index is 12.6. The fourth-order valence-corrected chi connectivity index (χ4v) is 1.75. The third kappa shape index (κ3) is 3.40. The zero-order chi connectivity index (χ0) is 15.0. The molecule has 110 valence electrons. The van der Waals surface area contributed by atoms with Crippen molar-refractivity contribution >= 4 is 11.3 Å². The Bertz CT molecular complexity index is 596. The molecule has 0 spiro atoms. The van der Waals surface area contributed by atoms with Gasteiger partial charge in [-0.25, -0.2) is 9.50 Å². The van der Waals surface area contributed by atoms with E-state index in [2.05, 4.69) is 36.2 Å². The minimum atomic E-state index is -4.45. The zero-order valence-corrected chi connectivity index (χ0v) is 11.6. The van der Waals surface area contributed by atoms with Gasteiger partial charge in [-0.1, -0.05) is 20.8 Å². The standard InChI is InChI=1S/C13H17F3N4/c1-12(2,3)4-5-17-11-9-8-10(13(14,15)16)19-20(9)7-6-18-11/h6-8H,4-5H2,1-3H3,(H,17,18). The van der Waals surface area contributed by atoms with Gasteiger partial charge in [0, 0.05) is 25.0 Å². The second kappa shape index (κ2) is 4.96. The number of nitrogens with one attached hydrogen (secondary N) is 1. The molecule has 4 nitrogen and oxygen atoms in total. The predicted octanol–water partition coefficient (Wildman–Crippen LogP) is 3.60. The molecule has 0 aliphatic carbocycles. The van der Waals surface area contributed by atoms with Crippen molar-refractivity contribution in [2.24, 2.45) is 5.41 Å². The molecule has 0 atom stereocenters. The highest BCUT2D eigenvalue weighted by molar-refractivity contribution is 5.67. The Hall–Kier alpha value is -1.79. The van der Waals surface area contributed by atoms with Gasteiger partial charge >= 0.3 is 6.18 Å². The van der Waals surface area contributed by atoms with Crippen LogP contribution in [0.1, 0.15) is 32.9 Å². The van der Waals surface area contributed by atoms with E-state index in [1.54, 1.807) is 0 Å². The molecule has 0 fully saturated rings. The summed E-state index contributed by atoms with van der Waals surface area (Å²) in [6.07, 6.45) is -0.732. The molecule has 0 saturated heterocycles. The number of hydrogen-bond donors (Lipinski definition) is 1. The molecule has 0 amide bonds. The predicted molar refractivity (Wildman–Crippen MR) is 70.6 cm³/mol. The van der Waals surface area contributed by atoms with E-state index in [1.807, 2.05) is 0 Å². The number of halogens is 3. The van der Waals surface area contributed by atoms with E-state index < -0.39 is 11.9 Å². The Morgan fingerprint density at radius 1 is 1.25 bits per heavy atom. The molecule has 0 radical (unpaired) electrons. The van der Waals surface area contributed by atoms with Crippen molar-refractivity contribution in [1.29, 1.82) is 0 Å². The molecule has 7 heteroatoms. The molecule has 0 aliphatic heterocycles. The van der Waals surface area contributed by atoms with E-state index in [4.69, 9.17) is 0 Å². The van der Waals surface area contributed by atoms with Crippen molar-refractivity contribution in [3.05, 3.63) is 24.2 Å². The van der Waals surface area contributed by atoms with E-state index in [0.717, 1.165) is 12.5 Å². The van der Waals surface area contributed by atoms with E-state index in [1.165, 1.54) is 16.9 Å². The fraction of sp³-hybridized carbons (Fsp3) is 0.538. The Morgan fingerprint density at radius 3 is 2.55 bits per heavy atom. The van der Waals surface area contributed by atoms with Crippen LogP contribution in [-0.2, 0) is 6.18 Å². The average Bonchev–Trinajstić information content (AvgIpc) is 2.71. The van der Waals surface area contributed by atoms with Crippen molar-refractivity contribution in [2.75, 3.05) is 11.9 Å². The van der Waals surface area contributed by atoms with Crippen molar-refractivity contribution < 1.29 is 13.2 Å². The van der Waals surface area contributed by atoms with Gasteiger partial charge in [0.2, 0.25) is 0 Å². The first-order valence-corrected chi connectivity index (χ1v) is 6.32. The van der Waals surface area contributed by atoms with E-state index in [-0.39, 0.29) is 5.41 Å². The summed E-state index contributed by atoms with van der Waals surface area (Å²) in [5, 5.41) is 6.58. The molecule has 0 aromatic carbocycles. The largest absolute Gasteiger partial charge is 0.435 e. The van der Waals surface area contributed by atoms with Crippen molar-refractivity contribution in [3.63, 3.8) is 0 Å². The van der Waals surface area contributed by atoms with Crippen LogP contribution in [0.25, 0.3) is 5.52 Å². The number of nitrogens with zero attached hydrogens (tertiary/aromatic N) is 3. The quantitative estimate of drug-likeness (QED) is 0.937. The number of hydrogen-bond acceptors (Lipinski definition) is 3. The van der Waals surface area contributed by atoms with Gasteiger partial charge in [0.25, 0.3) is 0 Å². The molecule has 2 aromatic heterocycles. The van der Waals surface area contributed by atoms with Crippen molar-refractivity contribution in [1.82, 2.24) is 14.6 Å². The third-order valence-electron chi connectivity index (χ3n) is 2.85. The van der Waals surface area contributed by atoms with Crippen molar-refractivity contribution in [3.8, 4) is 0 Å². The lowest BCUT2D eigenvalue weighted by Gasteiger charge is -2.18. The molecular weight excluding hydrogens is 269 g/mol. The number of alkyl halides is 3. The molecule has 0 unspecified atom stereocenters. The van der Waals surface area contributed by atoms with Gasteiger partial charge in [-0.05, 0) is 11.8 Å². The van der Waals surface area contributed by atoms with Crippen LogP contribution in [0.2, 0.25) is 0 Å². The van der Waals surface area contributed by atoms with Gasteiger partial charge in [-0.15, -0.1) is 0 Å². The lowest BCUT2D eigenvalue weighted by Crippen LogP contribution is -2.13. The second-order valence-electron chi connectivity index (χ2n) is 5.87. The van der Waals surface area contributed by atoms with Gasteiger partial charge in [0.1, 0.15) is 5.52 Å². The summed E-state index contributed by atoms with van der Waals surface area (Å²) >= 11 is 0. The topological polar surface area (TPSA) is 42.2 Å². The van der Waals surface area contributed by atoms with E-state index >= 15 is 0 Å². The minimum Gasteiger partial charge on any atom is -0.368 e. The monoisotopic (exact) mass is 286 g/mol. The maximum Gasteiger partial charge on any atom is 0.435 e. The SMILES string of the molecule is CC(C)(C)CCNc1nccn2nc(C(F)(F)F)cc12. The van der Waals surface area contributed by atoms with Crippen molar-refractivity contribution in [2.45, 2.75) is 33.4 Å². The van der Waals surface area contributed by atoms with Gasteiger partial charge in [-0.2, -0.15) is 18.3 Å². The van der Waals surface area contributed by atoms with E-state index in [9.17, 15) is 13.2 Å². The first-order valence-electron chi connectivity index (χ1n) is 6.32. The van der Waals surface area contributed by atoms with Gasteiger partial charge in [-0.3, -0.25) is 0 Å². The summed E-state index contributed by atoms with van der Waals surface area (Å²) in [7, 11) is 0. The molecule has 1 N–H and O–H groups in total. The molecule has 0 bridgehead atoms. The number of rotatable bonds is 3. The van der Waals surface area contributed by atoms with Gasteiger partial charge in [0.15, 0.2) is 11.5 Å². The summed E-state index contributed by atoms with van der Waals surface area (Å²) in [6.45, 7) is 6.94. The highest BCUT2D eigenvalue weighted by Crippen LogP contribution is 2.30. The van der Waals surface area contributed by atoms with E-state index in [0.29, 0.717) is 17.9 Å². The Morgan fingerprint density at radius 2 is 1.95 bits per heavy atom. The summed E-state index contributed by atoms with van der Waals surface area (Å²) in [5.41, 5.74) is -0.437. The average molecular weight is 286 g/mol. The molecule has 0 aliphatic rings. The smallest absolute Gasteiger partial charge is 0.368 e. The molecule has 0 saturated carbocycles. The van der Waals surface area contributed by atoms with Crippen LogP contribution in [0, 0.1) is 5.41 Å². The number of aromatic nitrogens is 3. The van der Waals surface area contributed by atoms with Crippen LogP contribution < -0.4 is 5.32 Å². The summed E-state index contributed by atoms with van der Waals surface area (Å²) in [6, 6.07) is 1.01. The van der Waals surface area contributed by atoms with Crippen LogP contribution >= 0.6 is 0 Å². The first kappa shape index (κ1) is 14.6. The van der Waals surface area contributed by atoms with Gasteiger partial charge in [0.05, 0.1) is 0 Å². The van der Waals surface area contributed by atoms with Crippen LogP contribution in [-0.4, -0.2) is 21.1 Å².